The fourth-order valence-electron chi connectivity index (χ4n) is 8.43. The Hall–Kier alpha value is -4.12. The molecule has 52 heavy (non-hydrogen) atoms. The zero-order valence-electron chi connectivity index (χ0n) is 30.0. The van der Waals surface area contributed by atoms with Gasteiger partial charge in [-0.15, -0.1) is 0 Å². The summed E-state index contributed by atoms with van der Waals surface area (Å²) >= 11 is 0. The SMILES string of the molecule is CC(C)(C)C1[C@H](P(c2ccccc2)c2ccccc2)CN(C(=O)O)[C@]1(CP(c1ccccc1)c1ccccc1)P(c1ccccc1)c1ccccc1. The Kier molecular flexibility index (Phi) is 11.1. The summed E-state index contributed by atoms with van der Waals surface area (Å²) in [6.07, 6.45) is -0.119. The topological polar surface area (TPSA) is 40.5 Å². The second-order valence-electron chi connectivity index (χ2n) is 14.5. The summed E-state index contributed by atoms with van der Waals surface area (Å²) in [6, 6.07) is 65.2. The van der Waals surface area contributed by atoms with Crippen molar-refractivity contribution in [2.24, 2.45) is 11.3 Å². The first-order valence-corrected chi connectivity index (χ1v) is 22.2. The molecule has 6 aromatic carbocycles. The van der Waals surface area contributed by atoms with Gasteiger partial charge in [0.1, 0.15) is 0 Å². The normalized spacial score (nSPS) is 19.0. The molecule has 0 bridgehead atoms. The zero-order chi connectivity index (χ0) is 36.1. The van der Waals surface area contributed by atoms with E-state index in [0.29, 0.717) is 12.7 Å². The van der Waals surface area contributed by atoms with E-state index in [1.165, 1.54) is 31.8 Å². The quantitative estimate of drug-likeness (QED) is 0.143. The number of likely N-dealkylation sites (tertiary alicyclic amines) is 1. The maximum Gasteiger partial charge on any atom is 0.408 e. The van der Waals surface area contributed by atoms with Gasteiger partial charge in [-0.25, -0.2) is 4.79 Å². The van der Waals surface area contributed by atoms with E-state index in [1.54, 1.807) is 0 Å². The van der Waals surface area contributed by atoms with Crippen LogP contribution in [0.5, 0.6) is 0 Å². The molecule has 1 aliphatic heterocycles. The van der Waals surface area contributed by atoms with E-state index in [4.69, 9.17) is 0 Å². The van der Waals surface area contributed by atoms with Crippen LogP contribution >= 0.6 is 23.8 Å². The lowest BCUT2D eigenvalue weighted by Gasteiger charge is -2.53. The van der Waals surface area contributed by atoms with Crippen LogP contribution in [-0.4, -0.2) is 39.7 Å². The van der Waals surface area contributed by atoms with E-state index in [2.05, 4.69) is 203 Å². The van der Waals surface area contributed by atoms with Gasteiger partial charge in [-0.1, -0.05) is 203 Å². The molecule has 0 radical (unpaired) electrons. The van der Waals surface area contributed by atoms with Gasteiger partial charge < -0.3 is 5.11 Å². The van der Waals surface area contributed by atoms with Crippen molar-refractivity contribution in [2.75, 3.05) is 12.7 Å². The molecule has 0 aliphatic carbocycles. The smallest absolute Gasteiger partial charge is 0.408 e. The number of amides is 1. The Balaban J connectivity index is 1.58. The van der Waals surface area contributed by atoms with Crippen LogP contribution in [0.1, 0.15) is 20.8 Å². The van der Waals surface area contributed by atoms with Gasteiger partial charge in [0.25, 0.3) is 0 Å². The number of carboxylic acid groups (broad SMARTS) is 1. The van der Waals surface area contributed by atoms with Gasteiger partial charge in [0.2, 0.25) is 0 Å². The van der Waals surface area contributed by atoms with Gasteiger partial charge in [-0.05, 0) is 61.0 Å². The monoisotopic (exact) mass is 737 g/mol. The highest BCUT2D eigenvalue weighted by Gasteiger charge is 2.65. The zero-order valence-corrected chi connectivity index (χ0v) is 32.7. The average molecular weight is 738 g/mol. The van der Waals surface area contributed by atoms with Crippen molar-refractivity contribution in [3.05, 3.63) is 182 Å². The number of rotatable bonds is 10. The van der Waals surface area contributed by atoms with E-state index in [0.717, 1.165) is 0 Å². The molecule has 6 heteroatoms. The number of hydrogen-bond donors (Lipinski definition) is 1. The van der Waals surface area contributed by atoms with Crippen LogP contribution in [0, 0.1) is 11.3 Å². The van der Waals surface area contributed by atoms with E-state index in [9.17, 15) is 9.90 Å². The third-order valence-corrected chi connectivity index (χ3v) is 19.0. The summed E-state index contributed by atoms with van der Waals surface area (Å²) in [7, 11) is -3.17. The standard InChI is InChI=1S/C46H46NO2P3/c1-45(2,3)43-42(51(38-26-14-6-15-27-38)39-28-16-7-17-29-39)34-47(44(48)49)46(43,52(40-30-18-8-19-31-40)41-32-20-9-21-33-41)35-50(36-22-10-4-11-23-36)37-24-12-5-13-25-37/h4-33,42-43H,34-35H2,1-3H3,(H,48,49)/t42-,43?,46-/m1/s1. The van der Waals surface area contributed by atoms with Crippen LogP contribution in [0.2, 0.25) is 0 Å². The number of hydrogen-bond acceptors (Lipinski definition) is 1. The molecule has 1 N–H and O–H groups in total. The largest absolute Gasteiger partial charge is 0.465 e. The third kappa shape index (κ3) is 7.25. The summed E-state index contributed by atoms with van der Waals surface area (Å²) in [6.45, 7) is 7.57. The highest BCUT2D eigenvalue weighted by atomic mass is 31.1. The number of carbonyl (C=O) groups is 1. The molecule has 0 saturated carbocycles. The van der Waals surface area contributed by atoms with Crippen molar-refractivity contribution >= 4 is 61.7 Å². The Morgan fingerprint density at radius 3 is 1.23 bits per heavy atom. The first-order valence-electron chi connectivity index (χ1n) is 18.0. The van der Waals surface area contributed by atoms with E-state index in [-0.39, 0.29) is 17.0 Å². The van der Waals surface area contributed by atoms with Gasteiger partial charge in [0.15, 0.2) is 0 Å². The van der Waals surface area contributed by atoms with Crippen LogP contribution in [0.25, 0.3) is 0 Å². The molecule has 0 spiro atoms. The molecule has 1 amide bonds. The molecular formula is C46H46NO2P3. The second-order valence-corrected chi connectivity index (χ2v) is 21.6. The second kappa shape index (κ2) is 15.9. The third-order valence-electron chi connectivity index (χ3n) is 10.2. The molecule has 1 fully saturated rings. The Morgan fingerprint density at radius 1 is 0.577 bits per heavy atom. The molecule has 1 unspecified atom stereocenters. The van der Waals surface area contributed by atoms with Crippen LogP contribution in [-0.2, 0) is 0 Å². The van der Waals surface area contributed by atoms with E-state index < -0.39 is 35.1 Å². The minimum atomic E-state index is -1.24. The molecule has 1 aliphatic rings. The average Bonchev–Trinajstić information content (AvgIpc) is 3.52. The van der Waals surface area contributed by atoms with Crippen molar-refractivity contribution in [1.29, 1.82) is 0 Å². The van der Waals surface area contributed by atoms with Crippen LogP contribution < -0.4 is 31.8 Å². The Morgan fingerprint density at radius 2 is 0.904 bits per heavy atom. The molecule has 1 heterocycles. The van der Waals surface area contributed by atoms with Crippen molar-refractivity contribution in [2.45, 2.75) is 31.7 Å². The molecule has 262 valence electrons. The van der Waals surface area contributed by atoms with Gasteiger partial charge in [-0.3, -0.25) is 4.90 Å². The molecule has 3 nitrogen and oxygen atoms in total. The highest BCUT2D eigenvalue weighted by Crippen LogP contribution is 2.69. The summed E-state index contributed by atoms with van der Waals surface area (Å²) in [5, 5.41) is 18.5. The molecule has 6 aromatic rings. The molecular weight excluding hydrogens is 691 g/mol. The fraction of sp³-hybridized carbons (Fsp3) is 0.196. The highest BCUT2D eigenvalue weighted by molar-refractivity contribution is 7.78. The van der Waals surface area contributed by atoms with Crippen molar-refractivity contribution in [1.82, 2.24) is 4.90 Å². The van der Waals surface area contributed by atoms with E-state index >= 15 is 0 Å². The van der Waals surface area contributed by atoms with Crippen LogP contribution in [0.3, 0.4) is 0 Å². The minimum absolute atomic E-state index is 0.00608. The first-order chi connectivity index (χ1) is 25.3. The number of nitrogens with zero attached hydrogens (tertiary/aromatic N) is 1. The molecule has 3 atom stereocenters. The van der Waals surface area contributed by atoms with Gasteiger partial charge in [0, 0.05) is 24.3 Å². The Labute approximate surface area is 313 Å². The summed E-state index contributed by atoms with van der Waals surface area (Å²) in [5.74, 6) is 0.00608. The predicted molar refractivity (Wildman–Crippen MR) is 226 cm³/mol. The maximum atomic E-state index is 14.3. The molecule has 0 aromatic heterocycles. The first kappa shape index (κ1) is 36.2. The fourth-order valence-corrected chi connectivity index (χ4v) is 18.8. The lowest BCUT2D eigenvalue weighted by molar-refractivity contribution is 0.110. The van der Waals surface area contributed by atoms with Crippen molar-refractivity contribution in [3.63, 3.8) is 0 Å². The predicted octanol–water partition coefficient (Wildman–Crippen LogP) is 9.11. The summed E-state index contributed by atoms with van der Waals surface area (Å²) in [5.41, 5.74) is -0.186. The molecule has 7 rings (SSSR count). The summed E-state index contributed by atoms with van der Waals surface area (Å²) in [4.78, 5) is 16.3. The van der Waals surface area contributed by atoms with E-state index in [1.807, 2.05) is 4.90 Å². The van der Waals surface area contributed by atoms with Crippen LogP contribution in [0.15, 0.2) is 182 Å². The lowest BCUT2D eigenvalue weighted by atomic mass is 9.76. The van der Waals surface area contributed by atoms with Gasteiger partial charge in [-0.2, -0.15) is 0 Å². The van der Waals surface area contributed by atoms with Crippen molar-refractivity contribution in [3.8, 4) is 0 Å². The van der Waals surface area contributed by atoms with Crippen LogP contribution in [0.4, 0.5) is 4.79 Å². The van der Waals surface area contributed by atoms with Crippen molar-refractivity contribution < 1.29 is 9.90 Å². The van der Waals surface area contributed by atoms with Gasteiger partial charge in [0.05, 0.1) is 5.28 Å². The lowest BCUT2D eigenvalue weighted by Crippen LogP contribution is -2.58. The maximum absolute atomic E-state index is 14.3. The molecule has 1 saturated heterocycles. The minimum Gasteiger partial charge on any atom is -0.465 e. The van der Waals surface area contributed by atoms with Gasteiger partial charge >= 0.3 is 6.09 Å². The number of benzene rings is 6. The Bertz CT molecular complexity index is 1910. The summed E-state index contributed by atoms with van der Waals surface area (Å²) < 4.78 is 0.